The van der Waals surface area contributed by atoms with Gasteiger partial charge in [-0.15, -0.1) is 12.4 Å². The average Bonchev–Trinajstić information content (AvgIpc) is 2.34. The lowest BCUT2D eigenvalue weighted by Gasteiger charge is -2.23. The monoisotopic (exact) mass is 292 g/mol. The van der Waals surface area contributed by atoms with Crippen LogP contribution in [0.25, 0.3) is 0 Å². The van der Waals surface area contributed by atoms with Crippen molar-refractivity contribution in [2.45, 2.75) is 18.9 Å². The minimum atomic E-state index is -0.565. The predicted octanol–water partition coefficient (Wildman–Crippen LogP) is 2.38. The summed E-state index contributed by atoms with van der Waals surface area (Å²) in [5.74, 6) is -0.808. The maximum Gasteiger partial charge on any atom is 0.251 e. The van der Waals surface area contributed by atoms with Gasteiger partial charge >= 0.3 is 0 Å². The van der Waals surface area contributed by atoms with E-state index >= 15 is 0 Å². The Hall–Kier alpha value is -0.840. The third-order valence-electron chi connectivity index (χ3n) is 2.86. The molecule has 1 aliphatic heterocycles. The molecule has 0 spiro atoms. The molecule has 1 heterocycles. The normalized spacial score (nSPS) is 15.9. The van der Waals surface area contributed by atoms with Crippen molar-refractivity contribution in [3.8, 4) is 0 Å². The van der Waals surface area contributed by atoms with Crippen molar-refractivity contribution in [1.29, 1.82) is 0 Å². The summed E-state index contributed by atoms with van der Waals surface area (Å²) in [5.41, 5.74) is 0.311. The van der Waals surface area contributed by atoms with E-state index in [4.69, 9.17) is 11.6 Å². The average molecular weight is 293 g/mol. The summed E-state index contributed by atoms with van der Waals surface area (Å²) < 4.78 is 13.2. The van der Waals surface area contributed by atoms with Gasteiger partial charge in [0.15, 0.2) is 0 Å². The fourth-order valence-corrected chi connectivity index (χ4v) is 1.99. The van der Waals surface area contributed by atoms with Gasteiger partial charge in [0.05, 0.1) is 5.02 Å². The topological polar surface area (TPSA) is 41.1 Å². The summed E-state index contributed by atoms with van der Waals surface area (Å²) in [6.07, 6.45) is 1.81. The predicted molar refractivity (Wildman–Crippen MR) is 72.0 cm³/mol. The molecule has 0 radical (unpaired) electrons. The number of hydrogen-bond donors (Lipinski definition) is 2. The largest absolute Gasteiger partial charge is 0.349 e. The van der Waals surface area contributed by atoms with E-state index in [2.05, 4.69) is 10.6 Å². The number of carbonyl (C=O) groups is 1. The molecule has 1 aliphatic rings. The van der Waals surface area contributed by atoms with Crippen molar-refractivity contribution in [3.63, 3.8) is 0 Å². The number of nitrogens with one attached hydrogen (secondary N) is 2. The summed E-state index contributed by atoms with van der Waals surface area (Å²) >= 11 is 5.56. The number of rotatable bonds is 2. The molecule has 2 rings (SSSR count). The van der Waals surface area contributed by atoms with E-state index in [-0.39, 0.29) is 29.4 Å². The Morgan fingerprint density at radius 3 is 2.67 bits per heavy atom. The summed E-state index contributed by atoms with van der Waals surface area (Å²) in [4.78, 5) is 11.8. The molecule has 1 fully saturated rings. The van der Waals surface area contributed by atoms with Crippen LogP contribution in [0.3, 0.4) is 0 Å². The molecule has 0 aromatic heterocycles. The van der Waals surface area contributed by atoms with E-state index in [0.717, 1.165) is 25.9 Å². The SMILES string of the molecule is Cl.O=C(NC1CCNCC1)c1ccc(Cl)c(F)c1. The van der Waals surface area contributed by atoms with E-state index in [9.17, 15) is 9.18 Å². The van der Waals surface area contributed by atoms with Gasteiger partial charge in [0.2, 0.25) is 0 Å². The van der Waals surface area contributed by atoms with Crippen molar-refractivity contribution >= 4 is 29.9 Å². The fraction of sp³-hybridized carbons (Fsp3) is 0.417. The van der Waals surface area contributed by atoms with Crippen molar-refractivity contribution in [3.05, 3.63) is 34.6 Å². The first-order valence-electron chi connectivity index (χ1n) is 5.63. The lowest BCUT2D eigenvalue weighted by molar-refractivity contribution is 0.0929. The molecule has 0 atom stereocenters. The zero-order chi connectivity index (χ0) is 12.3. The first kappa shape index (κ1) is 15.2. The quantitative estimate of drug-likeness (QED) is 0.879. The van der Waals surface area contributed by atoms with Gasteiger partial charge < -0.3 is 10.6 Å². The van der Waals surface area contributed by atoms with Crippen LogP contribution in [0.2, 0.25) is 5.02 Å². The van der Waals surface area contributed by atoms with E-state index in [1.54, 1.807) is 0 Å². The van der Waals surface area contributed by atoms with Gasteiger partial charge in [-0.05, 0) is 44.1 Å². The highest BCUT2D eigenvalue weighted by Gasteiger charge is 2.16. The molecule has 1 aromatic carbocycles. The van der Waals surface area contributed by atoms with Crippen LogP contribution in [0.4, 0.5) is 4.39 Å². The lowest BCUT2D eigenvalue weighted by atomic mass is 10.1. The molecule has 1 saturated heterocycles. The van der Waals surface area contributed by atoms with Gasteiger partial charge in [0.25, 0.3) is 5.91 Å². The van der Waals surface area contributed by atoms with Gasteiger partial charge in [-0.2, -0.15) is 0 Å². The Kier molecular flexibility index (Phi) is 5.85. The molecule has 1 amide bonds. The Bertz CT molecular complexity index is 423. The van der Waals surface area contributed by atoms with Crippen molar-refractivity contribution < 1.29 is 9.18 Å². The number of benzene rings is 1. The molecular formula is C12H15Cl2FN2O. The number of halogens is 3. The number of hydrogen-bond acceptors (Lipinski definition) is 2. The Morgan fingerprint density at radius 1 is 1.39 bits per heavy atom. The molecule has 6 heteroatoms. The molecule has 0 saturated carbocycles. The molecular weight excluding hydrogens is 278 g/mol. The molecule has 0 unspecified atom stereocenters. The van der Waals surface area contributed by atoms with E-state index in [0.29, 0.717) is 5.56 Å². The van der Waals surface area contributed by atoms with Gasteiger partial charge in [0, 0.05) is 11.6 Å². The zero-order valence-corrected chi connectivity index (χ0v) is 11.3. The summed E-state index contributed by atoms with van der Waals surface area (Å²) in [6.45, 7) is 1.81. The number of carbonyl (C=O) groups excluding carboxylic acids is 1. The first-order valence-corrected chi connectivity index (χ1v) is 6.01. The molecule has 2 N–H and O–H groups in total. The van der Waals surface area contributed by atoms with Crippen LogP contribution in [0, 0.1) is 5.82 Å². The number of piperidine rings is 1. The minimum Gasteiger partial charge on any atom is -0.349 e. The van der Waals surface area contributed by atoms with Crippen LogP contribution >= 0.6 is 24.0 Å². The second-order valence-electron chi connectivity index (χ2n) is 4.13. The maximum atomic E-state index is 13.2. The third kappa shape index (κ3) is 3.83. The van der Waals surface area contributed by atoms with Crippen LogP contribution in [0.5, 0.6) is 0 Å². The van der Waals surface area contributed by atoms with Gasteiger partial charge in [-0.25, -0.2) is 4.39 Å². The zero-order valence-electron chi connectivity index (χ0n) is 9.71. The minimum absolute atomic E-state index is 0. The van der Waals surface area contributed by atoms with Crippen LogP contribution in [-0.2, 0) is 0 Å². The molecule has 0 aliphatic carbocycles. The van der Waals surface area contributed by atoms with Crippen molar-refractivity contribution in [1.82, 2.24) is 10.6 Å². The van der Waals surface area contributed by atoms with Crippen molar-refractivity contribution in [2.24, 2.45) is 0 Å². The molecule has 18 heavy (non-hydrogen) atoms. The molecule has 1 aromatic rings. The highest BCUT2D eigenvalue weighted by atomic mass is 35.5. The summed E-state index contributed by atoms with van der Waals surface area (Å²) in [6, 6.07) is 4.26. The lowest BCUT2D eigenvalue weighted by Crippen LogP contribution is -2.42. The molecule has 0 bridgehead atoms. The van der Waals surface area contributed by atoms with Gasteiger partial charge in [-0.3, -0.25) is 4.79 Å². The smallest absolute Gasteiger partial charge is 0.251 e. The summed E-state index contributed by atoms with van der Waals surface area (Å²) in [7, 11) is 0. The fourth-order valence-electron chi connectivity index (χ4n) is 1.87. The van der Waals surface area contributed by atoms with Gasteiger partial charge in [0.1, 0.15) is 5.82 Å². The summed E-state index contributed by atoms with van der Waals surface area (Å²) in [5, 5.41) is 6.14. The molecule has 100 valence electrons. The third-order valence-corrected chi connectivity index (χ3v) is 3.16. The Morgan fingerprint density at radius 2 is 2.06 bits per heavy atom. The van der Waals surface area contributed by atoms with Crippen LogP contribution in [-0.4, -0.2) is 25.0 Å². The van der Waals surface area contributed by atoms with Crippen LogP contribution in [0.15, 0.2) is 18.2 Å². The van der Waals surface area contributed by atoms with Gasteiger partial charge in [-0.1, -0.05) is 11.6 Å². The van der Waals surface area contributed by atoms with E-state index in [1.807, 2.05) is 0 Å². The van der Waals surface area contributed by atoms with Crippen LogP contribution in [0.1, 0.15) is 23.2 Å². The molecule has 3 nitrogen and oxygen atoms in total. The highest BCUT2D eigenvalue weighted by Crippen LogP contribution is 2.15. The number of amides is 1. The first-order chi connectivity index (χ1) is 8.16. The standard InChI is InChI=1S/C12H14ClFN2O.ClH/c13-10-2-1-8(7-11(10)14)12(17)16-9-3-5-15-6-4-9;/h1-2,7,9,15H,3-6H2,(H,16,17);1H. The second-order valence-corrected chi connectivity index (χ2v) is 4.53. The van der Waals surface area contributed by atoms with Crippen LogP contribution < -0.4 is 10.6 Å². The van der Waals surface area contributed by atoms with E-state index < -0.39 is 5.82 Å². The Labute approximate surface area is 116 Å². The second kappa shape index (κ2) is 6.92. The maximum absolute atomic E-state index is 13.2. The Balaban J connectivity index is 0.00000162. The van der Waals surface area contributed by atoms with E-state index in [1.165, 1.54) is 18.2 Å². The highest BCUT2D eigenvalue weighted by molar-refractivity contribution is 6.30. The van der Waals surface area contributed by atoms with Crippen molar-refractivity contribution in [2.75, 3.05) is 13.1 Å².